The second-order valence-electron chi connectivity index (χ2n) is 5.22. The first-order valence-electron chi connectivity index (χ1n) is 7.04. The van der Waals surface area contributed by atoms with Crippen LogP contribution in [-0.2, 0) is 4.79 Å². The van der Waals surface area contributed by atoms with Crippen LogP contribution < -0.4 is 5.32 Å². The second-order valence-corrected chi connectivity index (χ2v) is 5.62. The number of benzene rings is 1. The third kappa shape index (κ3) is 3.93. The van der Waals surface area contributed by atoms with Crippen molar-refractivity contribution in [2.45, 2.75) is 32.2 Å². The molecular weight excluding hydrogens is 279 g/mol. The van der Waals surface area contributed by atoms with Crippen LogP contribution in [-0.4, -0.2) is 30.4 Å². The highest BCUT2D eigenvalue weighted by Gasteiger charge is 2.17. The van der Waals surface area contributed by atoms with Crippen LogP contribution in [0.2, 0.25) is 5.02 Å². The summed E-state index contributed by atoms with van der Waals surface area (Å²) in [5, 5.41) is 3.26. The Morgan fingerprint density at radius 2 is 2.10 bits per heavy atom. The molecule has 20 heavy (non-hydrogen) atoms. The molecule has 1 aliphatic rings. The number of amides is 1. The van der Waals surface area contributed by atoms with Crippen molar-refractivity contribution in [1.82, 2.24) is 10.2 Å². The molecule has 1 unspecified atom stereocenters. The summed E-state index contributed by atoms with van der Waals surface area (Å²) in [6, 6.07) is 4.63. The van der Waals surface area contributed by atoms with Crippen LogP contribution in [0.4, 0.5) is 4.39 Å². The molecule has 0 saturated carbocycles. The molecule has 2 rings (SSSR count). The molecule has 1 aromatic rings. The molecule has 5 heteroatoms. The first-order chi connectivity index (χ1) is 9.58. The van der Waals surface area contributed by atoms with E-state index in [0.717, 1.165) is 31.5 Å². The van der Waals surface area contributed by atoms with E-state index in [2.05, 4.69) is 5.32 Å². The van der Waals surface area contributed by atoms with E-state index in [1.807, 2.05) is 11.8 Å². The van der Waals surface area contributed by atoms with Gasteiger partial charge in [0, 0.05) is 19.1 Å². The summed E-state index contributed by atoms with van der Waals surface area (Å²) in [5.74, 6) is -0.314. The Balaban J connectivity index is 1.86. The standard InChI is InChI=1S/C15H20ClFN2O/c1-11(12-5-6-13(16)14(17)9-12)18-10-15(20)19-7-3-2-4-8-19/h5-6,9,11,18H,2-4,7-8,10H2,1H3. The summed E-state index contributed by atoms with van der Waals surface area (Å²) < 4.78 is 13.4. The fourth-order valence-corrected chi connectivity index (χ4v) is 2.51. The lowest BCUT2D eigenvalue weighted by atomic mass is 10.1. The van der Waals surface area contributed by atoms with Gasteiger partial charge in [0.15, 0.2) is 0 Å². The Hall–Kier alpha value is -1.13. The van der Waals surface area contributed by atoms with E-state index < -0.39 is 5.82 Å². The molecular formula is C15H20ClFN2O. The van der Waals surface area contributed by atoms with Crippen molar-refractivity contribution in [1.29, 1.82) is 0 Å². The summed E-state index contributed by atoms with van der Waals surface area (Å²) in [6.07, 6.45) is 3.38. The van der Waals surface area contributed by atoms with Crippen LogP contribution >= 0.6 is 11.6 Å². The number of piperidine rings is 1. The highest BCUT2D eigenvalue weighted by atomic mass is 35.5. The molecule has 1 aliphatic heterocycles. The number of likely N-dealkylation sites (tertiary alicyclic amines) is 1. The SMILES string of the molecule is CC(NCC(=O)N1CCCCC1)c1ccc(Cl)c(F)c1. The van der Waals surface area contributed by atoms with Crippen LogP contribution in [0.5, 0.6) is 0 Å². The third-order valence-corrected chi connectivity index (χ3v) is 4.02. The molecule has 0 radical (unpaired) electrons. The van der Waals surface area contributed by atoms with Gasteiger partial charge >= 0.3 is 0 Å². The molecule has 0 spiro atoms. The molecule has 0 aliphatic carbocycles. The number of rotatable bonds is 4. The molecule has 1 atom stereocenters. The van der Waals surface area contributed by atoms with Gasteiger partial charge in [0.05, 0.1) is 11.6 Å². The van der Waals surface area contributed by atoms with E-state index >= 15 is 0 Å². The summed E-state index contributed by atoms with van der Waals surface area (Å²) in [7, 11) is 0. The quantitative estimate of drug-likeness (QED) is 0.926. The highest BCUT2D eigenvalue weighted by Crippen LogP contribution is 2.20. The molecule has 3 nitrogen and oxygen atoms in total. The maximum absolute atomic E-state index is 13.4. The molecule has 1 aromatic carbocycles. The van der Waals surface area contributed by atoms with Crippen LogP contribution in [0.1, 0.15) is 37.8 Å². The van der Waals surface area contributed by atoms with Crippen LogP contribution in [0.15, 0.2) is 18.2 Å². The summed E-state index contributed by atoms with van der Waals surface area (Å²) in [5.41, 5.74) is 0.790. The van der Waals surface area contributed by atoms with Gasteiger partial charge < -0.3 is 10.2 Å². The van der Waals surface area contributed by atoms with Crippen molar-refractivity contribution >= 4 is 17.5 Å². The van der Waals surface area contributed by atoms with Gasteiger partial charge in [-0.2, -0.15) is 0 Å². The van der Waals surface area contributed by atoms with Crippen molar-refractivity contribution in [2.24, 2.45) is 0 Å². The van der Waals surface area contributed by atoms with E-state index in [9.17, 15) is 9.18 Å². The average Bonchev–Trinajstić information content (AvgIpc) is 2.48. The molecule has 0 aromatic heterocycles. The largest absolute Gasteiger partial charge is 0.342 e. The van der Waals surface area contributed by atoms with Gasteiger partial charge in [-0.1, -0.05) is 17.7 Å². The van der Waals surface area contributed by atoms with Gasteiger partial charge in [0.25, 0.3) is 0 Å². The number of carbonyl (C=O) groups is 1. The van der Waals surface area contributed by atoms with Crippen molar-refractivity contribution < 1.29 is 9.18 Å². The second kappa shape index (κ2) is 7.04. The fourth-order valence-electron chi connectivity index (χ4n) is 2.40. The maximum atomic E-state index is 13.4. The first kappa shape index (κ1) is 15.3. The van der Waals surface area contributed by atoms with Crippen molar-refractivity contribution in [2.75, 3.05) is 19.6 Å². The summed E-state index contributed by atoms with van der Waals surface area (Å²) >= 11 is 5.66. The summed E-state index contributed by atoms with van der Waals surface area (Å²) in [4.78, 5) is 13.9. The number of hydrogen-bond acceptors (Lipinski definition) is 2. The molecule has 1 saturated heterocycles. The lowest BCUT2D eigenvalue weighted by Crippen LogP contribution is -2.41. The average molecular weight is 299 g/mol. The van der Waals surface area contributed by atoms with Crippen molar-refractivity contribution in [3.05, 3.63) is 34.6 Å². The third-order valence-electron chi connectivity index (χ3n) is 3.71. The normalized spacial score (nSPS) is 17.1. The topological polar surface area (TPSA) is 32.3 Å². The van der Waals surface area contributed by atoms with Crippen LogP contribution in [0, 0.1) is 5.82 Å². The molecule has 1 N–H and O–H groups in total. The minimum absolute atomic E-state index is 0.0875. The Kier molecular flexibility index (Phi) is 5.38. The Morgan fingerprint density at radius 3 is 2.75 bits per heavy atom. The lowest BCUT2D eigenvalue weighted by Gasteiger charge is -2.27. The Morgan fingerprint density at radius 1 is 1.40 bits per heavy atom. The minimum atomic E-state index is -0.430. The van der Waals surface area contributed by atoms with Gasteiger partial charge in [-0.3, -0.25) is 4.79 Å². The maximum Gasteiger partial charge on any atom is 0.236 e. The summed E-state index contributed by atoms with van der Waals surface area (Å²) in [6.45, 7) is 3.90. The van der Waals surface area contributed by atoms with E-state index in [-0.39, 0.29) is 23.5 Å². The van der Waals surface area contributed by atoms with Gasteiger partial charge in [0.2, 0.25) is 5.91 Å². The van der Waals surface area contributed by atoms with E-state index in [0.29, 0.717) is 0 Å². The zero-order valence-electron chi connectivity index (χ0n) is 11.7. The van der Waals surface area contributed by atoms with Gasteiger partial charge in [0.1, 0.15) is 5.82 Å². The predicted octanol–water partition coefficient (Wildman–Crippen LogP) is 3.14. The van der Waals surface area contributed by atoms with E-state index in [4.69, 9.17) is 11.6 Å². The predicted molar refractivity (Wildman–Crippen MR) is 78.3 cm³/mol. The first-order valence-corrected chi connectivity index (χ1v) is 7.42. The zero-order valence-corrected chi connectivity index (χ0v) is 12.4. The molecule has 1 fully saturated rings. The Labute approximate surface area is 124 Å². The fraction of sp³-hybridized carbons (Fsp3) is 0.533. The van der Waals surface area contributed by atoms with Gasteiger partial charge in [-0.25, -0.2) is 4.39 Å². The monoisotopic (exact) mass is 298 g/mol. The van der Waals surface area contributed by atoms with Crippen LogP contribution in [0.25, 0.3) is 0 Å². The van der Waals surface area contributed by atoms with Crippen molar-refractivity contribution in [3.63, 3.8) is 0 Å². The zero-order chi connectivity index (χ0) is 14.5. The number of nitrogens with zero attached hydrogens (tertiary/aromatic N) is 1. The highest BCUT2D eigenvalue weighted by molar-refractivity contribution is 6.30. The smallest absolute Gasteiger partial charge is 0.236 e. The molecule has 1 heterocycles. The van der Waals surface area contributed by atoms with Gasteiger partial charge in [-0.15, -0.1) is 0 Å². The van der Waals surface area contributed by atoms with Gasteiger partial charge in [-0.05, 0) is 43.9 Å². The minimum Gasteiger partial charge on any atom is -0.342 e. The molecule has 110 valence electrons. The molecule has 0 bridgehead atoms. The van der Waals surface area contributed by atoms with Crippen molar-refractivity contribution in [3.8, 4) is 0 Å². The number of nitrogens with one attached hydrogen (secondary N) is 1. The van der Waals surface area contributed by atoms with E-state index in [1.54, 1.807) is 6.07 Å². The number of carbonyl (C=O) groups excluding carboxylic acids is 1. The van der Waals surface area contributed by atoms with E-state index in [1.165, 1.54) is 18.6 Å². The number of halogens is 2. The Bertz CT molecular complexity index is 475. The lowest BCUT2D eigenvalue weighted by molar-refractivity contribution is -0.131. The number of hydrogen-bond donors (Lipinski definition) is 1. The molecule has 1 amide bonds. The van der Waals surface area contributed by atoms with Crippen LogP contribution in [0.3, 0.4) is 0 Å².